The molecule has 0 unspecified atom stereocenters. The Morgan fingerprint density at radius 1 is 1.33 bits per heavy atom. The topological polar surface area (TPSA) is 83.6 Å². The maximum Gasteiger partial charge on any atom is 0.305 e. The lowest BCUT2D eigenvalue weighted by molar-refractivity contribution is -0.136. The molecule has 0 spiro atoms. The van der Waals surface area contributed by atoms with E-state index in [4.69, 9.17) is 10.8 Å². The molecule has 0 aliphatic carbocycles. The molecule has 5 heteroatoms. The van der Waals surface area contributed by atoms with Gasteiger partial charge in [0.25, 0.3) is 0 Å². The van der Waals surface area contributed by atoms with E-state index >= 15 is 0 Å². The first-order valence-electron chi connectivity index (χ1n) is 5.77. The van der Waals surface area contributed by atoms with Crippen molar-refractivity contribution < 1.29 is 14.7 Å². The molecule has 3 N–H and O–H groups in total. The Bertz CT molecular complexity index is 426. The van der Waals surface area contributed by atoms with Crippen molar-refractivity contribution in [3.63, 3.8) is 0 Å². The van der Waals surface area contributed by atoms with Gasteiger partial charge in [0.05, 0.1) is 12.5 Å². The summed E-state index contributed by atoms with van der Waals surface area (Å²) in [6.45, 7) is 3.65. The van der Waals surface area contributed by atoms with Crippen LogP contribution in [-0.4, -0.2) is 29.6 Å². The Morgan fingerprint density at radius 2 is 1.89 bits per heavy atom. The number of aryl methyl sites for hydroxylation is 1. The molecule has 0 radical (unpaired) electrons. The van der Waals surface area contributed by atoms with E-state index in [2.05, 4.69) is 0 Å². The second-order valence-electron chi connectivity index (χ2n) is 4.26. The molecule has 0 aliphatic heterocycles. The number of benzene rings is 1. The van der Waals surface area contributed by atoms with Gasteiger partial charge in [-0.3, -0.25) is 9.59 Å². The summed E-state index contributed by atoms with van der Waals surface area (Å²) in [4.78, 5) is 24.0. The molecule has 1 aromatic rings. The lowest BCUT2D eigenvalue weighted by Gasteiger charge is -2.24. The number of carboxylic acid groups (broad SMARTS) is 1. The largest absolute Gasteiger partial charge is 0.481 e. The van der Waals surface area contributed by atoms with Gasteiger partial charge in [-0.25, -0.2) is 0 Å². The van der Waals surface area contributed by atoms with E-state index in [9.17, 15) is 9.59 Å². The number of nitrogens with two attached hydrogens (primary N) is 1. The Hall–Kier alpha value is -1.88. The smallest absolute Gasteiger partial charge is 0.305 e. The fourth-order valence-electron chi connectivity index (χ4n) is 1.54. The lowest BCUT2D eigenvalue weighted by atomic mass is 10.2. The third kappa shape index (κ3) is 3.85. The van der Waals surface area contributed by atoms with Gasteiger partial charge < -0.3 is 15.7 Å². The number of hydrogen-bond donors (Lipinski definition) is 2. The third-order valence-electron chi connectivity index (χ3n) is 2.55. The Kier molecular flexibility index (Phi) is 4.85. The van der Waals surface area contributed by atoms with E-state index in [1.807, 2.05) is 19.1 Å². The van der Waals surface area contributed by atoms with Crippen molar-refractivity contribution in [2.45, 2.75) is 26.3 Å². The summed E-state index contributed by atoms with van der Waals surface area (Å²) < 4.78 is 0. The van der Waals surface area contributed by atoms with Gasteiger partial charge in [-0.2, -0.15) is 0 Å². The summed E-state index contributed by atoms with van der Waals surface area (Å²) in [7, 11) is 0. The summed E-state index contributed by atoms with van der Waals surface area (Å²) >= 11 is 0. The summed E-state index contributed by atoms with van der Waals surface area (Å²) in [5.41, 5.74) is 7.32. The third-order valence-corrected chi connectivity index (χ3v) is 2.55. The van der Waals surface area contributed by atoms with Crippen LogP contribution in [0.25, 0.3) is 0 Å². The predicted octanol–water partition coefficient (Wildman–Crippen LogP) is 1.15. The van der Waals surface area contributed by atoms with Gasteiger partial charge >= 0.3 is 5.97 Å². The molecule has 0 aromatic heterocycles. The fourth-order valence-corrected chi connectivity index (χ4v) is 1.54. The van der Waals surface area contributed by atoms with Gasteiger partial charge in [-0.05, 0) is 26.0 Å². The molecular formula is C13H18N2O3. The van der Waals surface area contributed by atoms with E-state index in [0.717, 1.165) is 5.56 Å². The zero-order valence-electron chi connectivity index (χ0n) is 10.6. The highest BCUT2D eigenvalue weighted by atomic mass is 16.4. The van der Waals surface area contributed by atoms with E-state index in [0.29, 0.717) is 5.69 Å². The molecule has 0 fully saturated rings. The zero-order valence-corrected chi connectivity index (χ0v) is 10.6. The number of hydrogen-bond acceptors (Lipinski definition) is 3. The normalized spacial score (nSPS) is 11.9. The van der Waals surface area contributed by atoms with Crippen molar-refractivity contribution in [3.05, 3.63) is 29.8 Å². The molecule has 98 valence electrons. The average molecular weight is 250 g/mol. The summed E-state index contributed by atoms with van der Waals surface area (Å²) in [6.07, 6.45) is -0.105. The van der Waals surface area contributed by atoms with Crippen LogP contribution in [0.5, 0.6) is 0 Å². The highest BCUT2D eigenvalue weighted by Gasteiger charge is 2.19. The molecular weight excluding hydrogens is 232 g/mol. The van der Waals surface area contributed by atoms with Crippen LogP contribution in [0.1, 0.15) is 18.9 Å². The van der Waals surface area contributed by atoms with Crippen molar-refractivity contribution in [2.24, 2.45) is 5.73 Å². The minimum atomic E-state index is -0.940. The highest BCUT2D eigenvalue weighted by Crippen LogP contribution is 2.16. The van der Waals surface area contributed by atoms with Crippen LogP contribution in [0.4, 0.5) is 5.69 Å². The van der Waals surface area contributed by atoms with Crippen LogP contribution in [0.15, 0.2) is 24.3 Å². The standard InChI is InChI=1S/C13H18N2O3/c1-9-3-5-11(6-4-9)15(8-7-12(16)17)13(18)10(2)14/h3-6,10H,7-8,14H2,1-2H3,(H,16,17)/t10-/m0/s1. The molecule has 1 atom stereocenters. The molecule has 0 bridgehead atoms. The number of anilines is 1. The van der Waals surface area contributed by atoms with Crippen LogP contribution in [-0.2, 0) is 9.59 Å². The number of carbonyl (C=O) groups excluding carboxylic acids is 1. The molecule has 1 rings (SSSR count). The van der Waals surface area contributed by atoms with Crippen LogP contribution >= 0.6 is 0 Å². The van der Waals surface area contributed by atoms with Crippen molar-refractivity contribution in [1.82, 2.24) is 0 Å². The Balaban J connectivity index is 2.92. The van der Waals surface area contributed by atoms with E-state index in [-0.39, 0.29) is 18.9 Å². The molecule has 5 nitrogen and oxygen atoms in total. The number of amides is 1. The van der Waals surface area contributed by atoms with Crippen LogP contribution in [0.2, 0.25) is 0 Å². The summed E-state index contributed by atoms with van der Waals surface area (Å²) in [6, 6.07) is 6.67. The van der Waals surface area contributed by atoms with Gasteiger partial charge in [-0.1, -0.05) is 17.7 Å². The van der Waals surface area contributed by atoms with Crippen molar-refractivity contribution in [1.29, 1.82) is 0 Å². The van der Waals surface area contributed by atoms with Crippen LogP contribution < -0.4 is 10.6 Å². The van der Waals surface area contributed by atoms with Gasteiger partial charge in [0, 0.05) is 12.2 Å². The van der Waals surface area contributed by atoms with E-state index < -0.39 is 12.0 Å². The lowest BCUT2D eigenvalue weighted by Crippen LogP contribution is -2.43. The van der Waals surface area contributed by atoms with Crippen LogP contribution in [0.3, 0.4) is 0 Å². The van der Waals surface area contributed by atoms with Gasteiger partial charge in [0.1, 0.15) is 0 Å². The van der Waals surface area contributed by atoms with E-state index in [1.165, 1.54) is 4.90 Å². The number of aliphatic carboxylic acids is 1. The highest BCUT2D eigenvalue weighted by molar-refractivity contribution is 5.97. The first-order chi connectivity index (χ1) is 8.41. The Labute approximate surface area is 106 Å². The zero-order chi connectivity index (χ0) is 13.7. The van der Waals surface area contributed by atoms with Crippen molar-refractivity contribution >= 4 is 17.6 Å². The second-order valence-corrected chi connectivity index (χ2v) is 4.26. The number of rotatable bonds is 5. The van der Waals surface area contributed by atoms with Gasteiger partial charge in [0.2, 0.25) is 5.91 Å². The molecule has 1 amide bonds. The molecule has 0 aliphatic rings. The predicted molar refractivity (Wildman–Crippen MR) is 69.4 cm³/mol. The second kappa shape index (κ2) is 6.16. The SMILES string of the molecule is Cc1ccc(N(CCC(=O)O)C(=O)[C@H](C)N)cc1. The quantitative estimate of drug-likeness (QED) is 0.821. The average Bonchev–Trinajstić information content (AvgIpc) is 2.30. The minimum Gasteiger partial charge on any atom is -0.481 e. The molecule has 0 heterocycles. The maximum absolute atomic E-state index is 11.9. The monoisotopic (exact) mass is 250 g/mol. The molecule has 0 saturated heterocycles. The van der Waals surface area contributed by atoms with Crippen LogP contribution in [0, 0.1) is 6.92 Å². The molecule has 1 aromatic carbocycles. The summed E-state index contributed by atoms with van der Waals surface area (Å²) in [5.74, 6) is -1.22. The van der Waals surface area contributed by atoms with Crippen molar-refractivity contribution in [2.75, 3.05) is 11.4 Å². The summed E-state index contributed by atoms with van der Waals surface area (Å²) in [5, 5.41) is 8.70. The first-order valence-corrected chi connectivity index (χ1v) is 5.77. The number of carboxylic acids is 1. The maximum atomic E-state index is 11.9. The number of nitrogens with zero attached hydrogens (tertiary/aromatic N) is 1. The van der Waals surface area contributed by atoms with Gasteiger partial charge in [-0.15, -0.1) is 0 Å². The number of carbonyl (C=O) groups is 2. The molecule has 18 heavy (non-hydrogen) atoms. The minimum absolute atomic E-state index is 0.105. The fraction of sp³-hybridized carbons (Fsp3) is 0.385. The van der Waals surface area contributed by atoms with E-state index in [1.54, 1.807) is 19.1 Å². The Morgan fingerprint density at radius 3 is 2.33 bits per heavy atom. The molecule has 0 saturated carbocycles. The van der Waals surface area contributed by atoms with Gasteiger partial charge in [0.15, 0.2) is 0 Å². The first kappa shape index (κ1) is 14.2. The van der Waals surface area contributed by atoms with Crippen molar-refractivity contribution in [3.8, 4) is 0 Å².